The maximum atomic E-state index is 11.7. The summed E-state index contributed by atoms with van der Waals surface area (Å²) in [4.78, 5) is 11.7. The number of aromatic nitrogens is 2. The number of allylic oxidation sites excluding steroid dienone is 4. The SMILES string of the molecule is Cc1cc(N)c(=O)n(C2=CCCC=C2)n1. The lowest BCUT2D eigenvalue weighted by Gasteiger charge is -2.10. The molecule has 2 rings (SSSR count). The zero-order chi connectivity index (χ0) is 10.8. The van der Waals surface area contributed by atoms with E-state index in [2.05, 4.69) is 5.10 Å². The van der Waals surface area contributed by atoms with Crippen molar-refractivity contribution in [3.8, 4) is 0 Å². The van der Waals surface area contributed by atoms with E-state index in [0.717, 1.165) is 24.2 Å². The minimum Gasteiger partial charge on any atom is -0.394 e. The molecule has 0 saturated heterocycles. The van der Waals surface area contributed by atoms with Gasteiger partial charge in [-0.05, 0) is 31.9 Å². The third-order valence-corrected chi connectivity index (χ3v) is 2.28. The molecule has 1 aromatic rings. The largest absolute Gasteiger partial charge is 0.394 e. The van der Waals surface area contributed by atoms with E-state index in [1.54, 1.807) is 6.07 Å². The topological polar surface area (TPSA) is 60.9 Å². The molecule has 0 unspecified atom stereocenters. The van der Waals surface area contributed by atoms with Gasteiger partial charge in [-0.3, -0.25) is 4.79 Å². The van der Waals surface area contributed by atoms with Crippen LogP contribution in [0.1, 0.15) is 18.5 Å². The van der Waals surface area contributed by atoms with E-state index in [-0.39, 0.29) is 11.2 Å². The van der Waals surface area contributed by atoms with Crippen molar-refractivity contribution in [1.82, 2.24) is 9.78 Å². The molecule has 2 N–H and O–H groups in total. The highest BCUT2D eigenvalue weighted by Gasteiger charge is 2.07. The molecule has 78 valence electrons. The van der Waals surface area contributed by atoms with Gasteiger partial charge in [0.2, 0.25) is 0 Å². The lowest BCUT2D eigenvalue weighted by Crippen LogP contribution is -2.25. The molecule has 1 aromatic heterocycles. The lowest BCUT2D eigenvalue weighted by molar-refractivity contribution is 0.802. The molecule has 4 nitrogen and oxygen atoms in total. The van der Waals surface area contributed by atoms with E-state index in [4.69, 9.17) is 5.73 Å². The van der Waals surface area contributed by atoms with Crippen molar-refractivity contribution < 1.29 is 0 Å². The molecule has 0 bridgehead atoms. The number of anilines is 1. The normalized spacial score (nSPS) is 15.1. The fourth-order valence-electron chi connectivity index (χ4n) is 1.57. The molecule has 0 amide bonds. The van der Waals surface area contributed by atoms with Crippen LogP contribution in [0, 0.1) is 6.92 Å². The number of aryl methyl sites for hydroxylation is 1. The van der Waals surface area contributed by atoms with Crippen molar-refractivity contribution >= 4 is 11.4 Å². The van der Waals surface area contributed by atoms with Crippen molar-refractivity contribution in [3.63, 3.8) is 0 Å². The molecule has 1 aliphatic carbocycles. The van der Waals surface area contributed by atoms with Crippen molar-refractivity contribution in [2.24, 2.45) is 0 Å². The average molecular weight is 203 g/mol. The molecular weight excluding hydrogens is 190 g/mol. The highest BCUT2D eigenvalue weighted by atomic mass is 16.1. The van der Waals surface area contributed by atoms with E-state index in [0.29, 0.717) is 0 Å². The molecule has 15 heavy (non-hydrogen) atoms. The summed E-state index contributed by atoms with van der Waals surface area (Å²) in [5, 5.41) is 4.16. The van der Waals surface area contributed by atoms with Crippen molar-refractivity contribution in [2.75, 3.05) is 5.73 Å². The summed E-state index contributed by atoms with van der Waals surface area (Å²) < 4.78 is 1.36. The van der Waals surface area contributed by atoms with E-state index in [1.807, 2.05) is 25.2 Å². The van der Waals surface area contributed by atoms with E-state index in [1.165, 1.54) is 4.68 Å². The number of nitrogens with zero attached hydrogens (tertiary/aromatic N) is 2. The van der Waals surface area contributed by atoms with E-state index in [9.17, 15) is 4.79 Å². The second-order valence-electron chi connectivity index (χ2n) is 3.57. The predicted octanol–water partition coefficient (Wildman–Crippen LogP) is 1.32. The van der Waals surface area contributed by atoms with Gasteiger partial charge in [0.25, 0.3) is 5.56 Å². The van der Waals surface area contributed by atoms with Gasteiger partial charge in [-0.25, -0.2) is 0 Å². The summed E-state index contributed by atoms with van der Waals surface area (Å²) in [7, 11) is 0. The van der Waals surface area contributed by atoms with Crippen LogP contribution in [0.5, 0.6) is 0 Å². The first-order valence-corrected chi connectivity index (χ1v) is 4.92. The zero-order valence-corrected chi connectivity index (χ0v) is 8.60. The van der Waals surface area contributed by atoms with Gasteiger partial charge >= 0.3 is 0 Å². The Hall–Kier alpha value is -1.84. The predicted molar refractivity (Wildman–Crippen MR) is 60.3 cm³/mol. The number of hydrogen-bond donors (Lipinski definition) is 1. The monoisotopic (exact) mass is 203 g/mol. The fourth-order valence-corrected chi connectivity index (χ4v) is 1.57. The fraction of sp³-hybridized carbons (Fsp3) is 0.273. The summed E-state index contributed by atoms with van der Waals surface area (Å²) in [6.07, 6.45) is 7.87. The van der Waals surface area contributed by atoms with E-state index >= 15 is 0 Å². The van der Waals surface area contributed by atoms with Crippen molar-refractivity contribution in [3.05, 3.63) is 40.3 Å². The van der Waals surface area contributed by atoms with Gasteiger partial charge in [0, 0.05) is 0 Å². The Morgan fingerprint density at radius 3 is 2.93 bits per heavy atom. The zero-order valence-electron chi connectivity index (χ0n) is 8.60. The van der Waals surface area contributed by atoms with Crippen LogP contribution in [0.15, 0.2) is 29.1 Å². The standard InChI is InChI=1S/C11H13N3O/c1-8-7-10(12)11(15)14(13-8)9-5-3-2-4-6-9/h3,5-7H,2,4,12H2,1H3. The Labute approximate surface area is 87.7 Å². The first-order chi connectivity index (χ1) is 7.18. The maximum absolute atomic E-state index is 11.7. The maximum Gasteiger partial charge on any atom is 0.294 e. The summed E-state index contributed by atoms with van der Waals surface area (Å²) in [5.41, 5.74) is 7.14. The van der Waals surface area contributed by atoms with Crippen LogP contribution in [0.4, 0.5) is 5.69 Å². The summed E-state index contributed by atoms with van der Waals surface area (Å²) in [6.45, 7) is 1.82. The summed E-state index contributed by atoms with van der Waals surface area (Å²) in [6, 6.07) is 1.59. The minimum atomic E-state index is -0.251. The third kappa shape index (κ3) is 1.83. The highest BCUT2D eigenvalue weighted by molar-refractivity contribution is 5.58. The van der Waals surface area contributed by atoms with E-state index < -0.39 is 0 Å². The molecule has 0 radical (unpaired) electrons. The molecule has 1 heterocycles. The van der Waals surface area contributed by atoms with Crippen LogP contribution in [0.3, 0.4) is 0 Å². The van der Waals surface area contributed by atoms with Gasteiger partial charge in [0.05, 0.1) is 11.4 Å². The third-order valence-electron chi connectivity index (χ3n) is 2.28. The Morgan fingerprint density at radius 2 is 2.27 bits per heavy atom. The smallest absolute Gasteiger partial charge is 0.294 e. The minimum absolute atomic E-state index is 0.238. The van der Waals surface area contributed by atoms with Crippen LogP contribution >= 0.6 is 0 Å². The Morgan fingerprint density at radius 1 is 1.47 bits per heavy atom. The quantitative estimate of drug-likeness (QED) is 0.748. The van der Waals surface area contributed by atoms with Gasteiger partial charge in [-0.1, -0.05) is 12.2 Å². The molecule has 1 aliphatic rings. The molecule has 0 aromatic carbocycles. The van der Waals surface area contributed by atoms with Crippen molar-refractivity contribution in [1.29, 1.82) is 0 Å². The Kier molecular flexibility index (Phi) is 2.41. The molecule has 4 heteroatoms. The second kappa shape index (κ2) is 3.73. The first-order valence-electron chi connectivity index (χ1n) is 4.92. The van der Waals surface area contributed by atoms with Gasteiger partial charge in [-0.15, -0.1) is 0 Å². The number of rotatable bonds is 1. The van der Waals surface area contributed by atoms with Gasteiger partial charge in [-0.2, -0.15) is 9.78 Å². The molecular formula is C11H13N3O. The Balaban J connectivity index is 2.57. The van der Waals surface area contributed by atoms with Crippen LogP contribution < -0.4 is 11.3 Å². The van der Waals surface area contributed by atoms with Gasteiger partial charge in [0.1, 0.15) is 5.69 Å². The van der Waals surface area contributed by atoms with Gasteiger partial charge in [0.15, 0.2) is 0 Å². The lowest BCUT2D eigenvalue weighted by atomic mass is 10.1. The number of nitrogens with two attached hydrogens (primary N) is 1. The van der Waals surface area contributed by atoms with Crippen LogP contribution in [0.2, 0.25) is 0 Å². The molecule has 0 atom stereocenters. The number of hydrogen-bond acceptors (Lipinski definition) is 3. The molecule has 0 spiro atoms. The van der Waals surface area contributed by atoms with Crippen LogP contribution in [-0.2, 0) is 0 Å². The second-order valence-corrected chi connectivity index (χ2v) is 3.57. The van der Waals surface area contributed by atoms with Gasteiger partial charge < -0.3 is 5.73 Å². The summed E-state index contributed by atoms with van der Waals surface area (Å²) >= 11 is 0. The molecule has 0 fully saturated rings. The number of nitrogen functional groups attached to an aromatic ring is 1. The first kappa shape index (κ1) is 9.71. The molecule has 0 saturated carbocycles. The van der Waals surface area contributed by atoms with Crippen LogP contribution in [-0.4, -0.2) is 9.78 Å². The molecule has 0 aliphatic heterocycles. The highest BCUT2D eigenvalue weighted by Crippen LogP contribution is 2.12. The Bertz CT molecular complexity index is 497. The summed E-state index contributed by atoms with van der Waals surface area (Å²) in [5.74, 6) is 0. The van der Waals surface area contributed by atoms with Crippen LogP contribution in [0.25, 0.3) is 5.70 Å². The van der Waals surface area contributed by atoms with Crippen molar-refractivity contribution in [2.45, 2.75) is 19.8 Å². The average Bonchev–Trinajstić information content (AvgIpc) is 2.24.